The van der Waals surface area contributed by atoms with Gasteiger partial charge in [0.1, 0.15) is 23.0 Å². The zero-order chi connectivity index (χ0) is 26.5. The molecule has 0 bridgehead atoms. The lowest BCUT2D eigenvalue weighted by Crippen LogP contribution is -2.26. The third kappa shape index (κ3) is 4.33. The quantitative estimate of drug-likeness (QED) is 0.281. The van der Waals surface area contributed by atoms with Gasteiger partial charge in [0.2, 0.25) is 5.88 Å². The summed E-state index contributed by atoms with van der Waals surface area (Å²) in [6.07, 6.45) is -4.68. The molecule has 2 heterocycles. The Bertz CT molecular complexity index is 1700. The molecule has 6 nitrogen and oxygen atoms in total. The van der Waals surface area contributed by atoms with Crippen LogP contribution in [0.5, 0.6) is 11.5 Å². The van der Waals surface area contributed by atoms with Gasteiger partial charge in [-0.15, -0.1) is 0 Å². The summed E-state index contributed by atoms with van der Waals surface area (Å²) in [6.45, 7) is 0. The van der Waals surface area contributed by atoms with Crippen molar-refractivity contribution in [3.05, 3.63) is 104 Å². The molecule has 38 heavy (non-hydrogen) atoms. The molecule has 10 heteroatoms. The van der Waals surface area contributed by atoms with Crippen LogP contribution < -0.4 is 20.8 Å². The van der Waals surface area contributed by atoms with E-state index in [4.69, 9.17) is 31.2 Å². The van der Waals surface area contributed by atoms with Gasteiger partial charge in [0.15, 0.2) is 5.75 Å². The number of fused-ring (bicyclic) bond motifs is 3. The van der Waals surface area contributed by atoms with Crippen LogP contribution in [0.25, 0.3) is 22.1 Å². The summed E-state index contributed by atoms with van der Waals surface area (Å²) in [7, 11) is 1.38. The topological polar surface area (TPSA) is 98.5 Å². The molecular formula is C28H20ClF3N2O4. The lowest BCUT2D eigenvalue weighted by atomic mass is 9.82. The van der Waals surface area contributed by atoms with E-state index in [1.54, 1.807) is 36.4 Å². The number of methoxy groups -OCH3 is 1. The SMILES string of the molecule is C.COc1ccc(C2C(C#N)=C(N)Oc3c2c(=O)oc2ccccc32)cc1-c1ccc(Cl)c(C(F)(F)F)c1. The second-order valence-electron chi connectivity index (χ2n) is 8.21. The number of halogens is 4. The summed E-state index contributed by atoms with van der Waals surface area (Å²) >= 11 is 5.80. The van der Waals surface area contributed by atoms with Crippen LogP contribution in [-0.2, 0) is 6.18 Å². The summed E-state index contributed by atoms with van der Waals surface area (Å²) in [4.78, 5) is 13.1. The normalized spacial score (nSPS) is 14.8. The van der Waals surface area contributed by atoms with Crippen molar-refractivity contribution in [1.82, 2.24) is 0 Å². The first-order chi connectivity index (χ1) is 17.6. The van der Waals surface area contributed by atoms with Crippen molar-refractivity contribution in [2.45, 2.75) is 19.5 Å². The minimum absolute atomic E-state index is 0. The first-order valence-corrected chi connectivity index (χ1v) is 11.2. The van der Waals surface area contributed by atoms with E-state index < -0.39 is 28.3 Å². The number of alkyl halides is 3. The van der Waals surface area contributed by atoms with Crippen LogP contribution in [0.2, 0.25) is 5.02 Å². The molecule has 3 aromatic carbocycles. The minimum atomic E-state index is -4.68. The molecule has 194 valence electrons. The number of nitrogens with two attached hydrogens (primary N) is 1. The van der Waals surface area contributed by atoms with E-state index in [2.05, 4.69) is 0 Å². The number of ether oxygens (including phenoxy) is 2. The Balaban J connectivity index is 0.00000336. The van der Waals surface area contributed by atoms with Crippen LogP contribution in [0.15, 0.2) is 81.3 Å². The van der Waals surface area contributed by atoms with Crippen molar-refractivity contribution in [2.75, 3.05) is 7.11 Å². The second-order valence-corrected chi connectivity index (χ2v) is 8.61. The molecule has 5 rings (SSSR count). The molecule has 4 aromatic rings. The average molecular weight is 541 g/mol. The molecule has 1 aliphatic rings. The Labute approximate surface area is 220 Å². The smallest absolute Gasteiger partial charge is 0.417 e. The largest absolute Gasteiger partial charge is 0.496 e. The fraction of sp³-hybridized carbons (Fsp3) is 0.143. The van der Waals surface area contributed by atoms with E-state index >= 15 is 0 Å². The third-order valence-corrected chi connectivity index (χ3v) is 6.44. The maximum absolute atomic E-state index is 13.5. The zero-order valence-electron chi connectivity index (χ0n) is 19.0. The monoisotopic (exact) mass is 540 g/mol. The molecular weight excluding hydrogens is 521 g/mol. The van der Waals surface area contributed by atoms with Crippen molar-refractivity contribution < 1.29 is 27.1 Å². The number of nitrogens with zero attached hydrogens (tertiary/aromatic N) is 1. The van der Waals surface area contributed by atoms with Crippen molar-refractivity contribution in [3.8, 4) is 28.7 Å². The number of hydrogen-bond donors (Lipinski definition) is 1. The molecule has 0 aliphatic carbocycles. The Morgan fingerprint density at radius 2 is 1.84 bits per heavy atom. The van der Waals surface area contributed by atoms with Crippen LogP contribution in [0.4, 0.5) is 13.2 Å². The summed E-state index contributed by atoms with van der Waals surface area (Å²) in [6, 6.07) is 16.9. The van der Waals surface area contributed by atoms with Crippen LogP contribution in [0.1, 0.15) is 30.0 Å². The summed E-state index contributed by atoms with van der Waals surface area (Å²) < 4.78 is 57.2. The van der Waals surface area contributed by atoms with Gasteiger partial charge in [-0.1, -0.05) is 43.3 Å². The summed E-state index contributed by atoms with van der Waals surface area (Å²) in [5.74, 6) is -0.781. The average Bonchev–Trinajstić information content (AvgIpc) is 2.87. The van der Waals surface area contributed by atoms with E-state index in [1.807, 2.05) is 6.07 Å². The van der Waals surface area contributed by atoms with E-state index in [9.17, 15) is 23.2 Å². The van der Waals surface area contributed by atoms with E-state index in [1.165, 1.54) is 19.2 Å². The predicted octanol–water partition coefficient (Wildman–Crippen LogP) is 7.00. The Kier molecular flexibility index (Phi) is 6.87. The van der Waals surface area contributed by atoms with Gasteiger partial charge in [-0.25, -0.2) is 4.79 Å². The maximum atomic E-state index is 13.5. The standard InChI is InChI=1S/C27H16ClF3N2O4.CH4/c1-35-20-9-7-14(10-16(20)13-6-8-19(28)18(11-13)27(29,30)31)22-17(12-32)25(33)37-24-15-4-2-3-5-21(15)36-26(34)23(22)24;/h2-11,22H,33H2,1H3;1H4. The minimum Gasteiger partial charge on any atom is -0.496 e. The van der Waals surface area contributed by atoms with Crippen LogP contribution in [-0.4, -0.2) is 7.11 Å². The molecule has 1 unspecified atom stereocenters. The van der Waals surface area contributed by atoms with Gasteiger partial charge in [0, 0.05) is 5.56 Å². The lowest BCUT2D eigenvalue weighted by Gasteiger charge is -2.26. The van der Waals surface area contributed by atoms with Crippen LogP contribution >= 0.6 is 11.6 Å². The van der Waals surface area contributed by atoms with E-state index in [-0.39, 0.29) is 52.7 Å². The molecule has 0 saturated heterocycles. The number of allylic oxidation sites excluding steroid dienone is 1. The second kappa shape index (κ2) is 9.80. The number of nitriles is 1. The maximum Gasteiger partial charge on any atom is 0.417 e. The number of rotatable bonds is 3. The van der Waals surface area contributed by atoms with Gasteiger partial charge < -0.3 is 19.6 Å². The number of para-hydroxylation sites is 1. The molecule has 1 aromatic heterocycles. The van der Waals surface area contributed by atoms with E-state index in [0.717, 1.165) is 12.1 Å². The molecule has 1 aliphatic heterocycles. The molecule has 0 fully saturated rings. The number of benzene rings is 3. The highest BCUT2D eigenvalue weighted by atomic mass is 35.5. The Hall–Kier alpha value is -4.42. The molecule has 0 spiro atoms. The highest BCUT2D eigenvalue weighted by Gasteiger charge is 2.36. The molecule has 1 atom stereocenters. The summed E-state index contributed by atoms with van der Waals surface area (Å²) in [5, 5.41) is 9.93. The molecule has 2 N–H and O–H groups in total. The van der Waals surface area contributed by atoms with Crippen LogP contribution in [0, 0.1) is 11.3 Å². The Morgan fingerprint density at radius 1 is 1.11 bits per heavy atom. The van der Waals surface area contributed by atoms with Crippen molar-refractivity contribution in [2.24, 2.45) is 5.73 Å². The van der Waals surface area contributed by atoms with Gasteiger partial charge in [-0.2, -0.15) is 18.4 Å². The zero-order valence-corrected chi connectivity index (χ0v) is 19.8. The predicted molar refractivity (Wildman–Crippen MR) is 137 cm³/mol. The highest BCUT2D eigenvalue weighted by molar-refractivity contribution is 6.31. The molecule has 0 amide bonds. The molecule has 0 saturated carbocycles. The highest BCUT2D eigenvalue weighted by Crippen LogP contribution is 2.46. The third-order valence-electron chi connectivity index (χ3n) is 6.11. The lowest BCUT2D eigenvalue weighted by molar-refractivity contribution is -0.137. The van der Waals surface area contributed by atoms with Gasteiger partial charge in [-0.05, 0) is 47.5 Å². The fourth-order valence-electron chi connectivity index (χ4n) is 4.44. The van der Waals surface area contributed by atoms with Gasteiger partial charge in [0.05, 0.1) is 34.6 Å². The van der Waals surface area contributed by atoms with Gasteiger partial charge >= 0.3 is 11.8 Å². The first kappa shape index (κ1) is 26.6. The fourth-order valence-corrected chi connectivity index (χ4v) is 4.66. The van der Waals surface area contributed by atoms with Gasteiger partial charge in [-0.3, -0.25) is 0 Å². The van der Waals surface area contributed by atoms with Crippen molar-refractivity contribution in [3.63, 3.8) is 0 Å². The van der Waals surface area contributed by atoms with Gasteiger partial charge in [0.25, 0.3) is 0 Å². The van der Waals surface area contributed by atoms with E-state index in [0.29, 0.717) is 10.9 Å². The molecule has 0 radical (unpaired) electrons. The Morgan fingerprint density at radius 3 is 2.53 bits per heavy atom. The first-order valence-electron chi connectivity index (χ1n) is 10.8. The van der Waals surface area contributed by atoms with Crippen LogP contribution in [0.3, 0.4) is 0 Å². The number of hydrogen-bond acceptors (Lipinski definition) is 6. The summed E-state index contributed by atoms with van der Waals surface area (Å²) in [5.41, 5.74) is 5.49. The van der Waals surface area contributed by atoms with Crippen molar-refractivity contribution >= 4 is 22.6 Å². The van der Waals surface area contributed by atoms with Crippen molar-refractivity contribution in [1.29, 1.82) is 5.26 Å².